The maximum Gasteiger partial charge on any atom is 0.0770 e. The van der Waals surface area contributed by atoms with Crippen LogP contribution in [0.5, 0.6) is 0 Å². The van der Waals surface area contributed by atoms with E-state index < -0.39 is 10.8 Å². The first-order chi connectivity index (χ1) is 13.8. The predicted octanol–water partition coefficient (Wildman–Crippen LogP) is 5.35. The summed E-state index contributed by atoms with van der Waals surface area (Å²) in [6.07, 6.45) is 1.75. The first-order valence-corrected chi connectivity index (χ1v) is 9.79. The summed E-state index contributed by atoms with van der Waals surface area (Å²) in [4.78, 5) is 0. The van der Waals surface area contributed by atoms with Crippen LogP contribution in [0, 0.1) is 34.5 Å². The highest BCUT2D eigenvalue weighted by molar-refractivity contribution is 5.60. The van der Waals surface area contributed by atoms with Crippen molar-refractivity contribution in [2.75, 3.05) is 0 Å². The van der Waals surface area contributed by atoms with Crippen LogP contribution in [0.1, 0.15) is 35.1 Å². The summed E-state index contributed by atoms with van der Waals surface area (Å²) in [7, 11) is 0. The molecule has 2 unspecified atom stereocenters. The second kappa shape index (κ2) is 6.08. The lowest BCUT2D eigenvalue weighted by atomic mass is 9.40. The molecule has 3 aromatic carbocycles. The largest absolute Gasteiger partial charge is 0.198 e. The van der Waals surface area contributed by atoms with Crippen molar-refractivity contribution < 1.29 is 0 Å². The Morgan fingerprint density at radius 3 is 1.29 bits per heavy atom. The standard InChI is InChI=1S/C26H20N2/c27-17-23-24(18-28)26(20-11-5-2-6-12-20)16-15-25(23,19-9-3-1-4-10-19)21-13-7-8-14-22(21)26/h1-14,23-24H,15-16H2/t23-,24-,25?,26?/m0/s1. The van der Waals surface area contributed by atoms with E-state index in [1.165, 1.54) is 11.1 Å². The third-order valence-corrected chi connectivity index (χ3v) is 7.05. The number of hydrogen-bond donors (Lipinski definition) is 0. The minimum Gasteiger partial charge on any atom is -0.198 e. The first kappa shape index (κ1) is 16.8. The van der Waals surface area contributed by atoms with Gasteiger partial charge in [-0.05, 0) is 35.1 Å². The molecular formula is C26H20N2. The van der Waals surface area contributed by atoms with E-state index in [9.17, 15) is 10.5 Å². The van der Waals surface area contributed by atoms with Crippen molar-refractivity contribution in [1.29, 1.82) is 10.5 Å². The fourth-order valence-electron chi connectivity index (χ4n) is 5.94. The maximum atomic E-state index is 10.3. The molecule has 0 radical (unpaired) electrons. The third kappa shape index (κ3) is 1.90. The van der Waals surface area contributed by atoms with Gasteiger partial charge in [-0.3, -0.25) is 0 Å². The molecular weight excluding hydrogens is 340 g/mol. The van der Waals surface area contributed by atoms with Crippen molar-refractivity contribution in [2.24, 2.45) is 11.8 Å². The molecule has 4 atom stereocenters. The molecule has 3 aromatic rings. The van der Waals surface area contributed by atoms with Crippen molar-refractivity contribution >= 4 is 0 Å². The summed E-state index contributed by atoms with van der Waals surface area (Å²) in [5, 5.41) is 20.7. The molecule has 134 valence electrons. The lowest BCUT2D eigenvalue weighted by Gasteiger charge is -2.59. The third-order valence-electron chi connectivity index (χ3n) is 7.05. The van der Waals surface area contributed by atoms with Gasteiger partial charge in [0.1, 0.15) is 0 Å². The summed E-state index contributed by atoms with van der Waals surface area (Å²) < 4.78 is 0. The molecule has 0 aliphatic heterocycles. The van der Waals surface area contributed by atoms with Gasteiger partial charge in [0.15, 0.2) is 0 Å². The molecule has 3 aliphatic rings. The SMILES string of the molecule is N#C[C@H]1[C@H](C#N)C2(c3ccccc3)CCC1(c1ccccc1)c1ccccc12. The molecule has 0 amide bonds. The molecule has 0 aromatic heterocycles. The van der Waals surface area contributed by atoms with E-state index in [1.807, 2.05) is 36.4 Å². The van der Waals surface area contributed by atoms with Crippen LogP contribution in [0.4, 0.5) is 0 Å². The van der Waals surface area contributed by atoms with Crippen molar-refractivity contribution in [3.63, 3.8) is 0 Å². The van der Waals surface area contributed by atoms with E-state index >= 15 is 0 Å². The molecule has 28 heavy (non-hydrogen) atoms. The van der Waals surface area contributed by atoms with Gasteiger partial charge in [0.25, 0.3) is 0 Å². The molecule has 0 heterocycles. The Bertz CT molecular complexity index is 1020. The maximum absolute atomic E-state index is 10.3. The lowest BCUT2D eigenvalue weighted by molar-refractivity contribution is 0.121. The quantitative estimate of drug-likeness (QED) is 0.619. The predicted molar refractivity (Wildman–Crippen MR) is 108 cm³/mol. The topological polar surface area (TPSA) is 47.6 Å². The van der Waals surface area contributed by atoms with Crippen molar-refractivity contribution in [2.45, 2.75) is 23.7 Å². The Balaban J connectivity index is 1.90. The molecule has 2 nitrogen and oxygen atoms in total. The van der Waals surface area contributed by atoms with E-state index in [-0.39, 0.29) is 11.8 Å². The van der Waals surface area contributed by atoms with Gasteiger partial charge in [0, 0.05) is 10.8 Å². The van der Waals surface area contributed by atoms with Crippen LogP contribution in [-0.4, -0.2) is 0 Å². The Labute approximate surface area is 165 Å². The Morgan fingerprint density at radius 2 is 0.929 bits per heavy atom. The van der Waals surface area contributed by atoms with Gasteiger partial charge in [-0.1, -0.05) is 84.9 Å². The number of fused-ring (bicyclic) bond motifs is 2. The van der Waals surface area contributed by atoms with Crippen LogP contribution in [0.2, 0.25) is 0 Å². The Hall–Kier alpha value is -3.36. The number of nitriles is 2. The molecule has 2 bridgehead atoms. The summed E-state index contributed by atoms with van der Waals surface area (Å²) in [6, 6.07) is 34.3. The fraction of sp³-hybridized carbons (Fsp3) is 0.231. The molecule has 1 fully saturated rings. The minimum atomic E-state index is -0.427. The van der Waals surface area contributed by atoms with Crippen LogP contribution in [0.25, 0.3) is 0 Å². The second-order valence-electron chi connectivity index (χ2n) is 7.93. The highest BCUT2D eigenvalue weighted by atomic mass is 14.7. The molecule has 0 spiro atoms. The molecule has 6 rings (SSSR count). The monoisotopic (exact) mass is 360 g/mol. The second-order valence-corrected chi connectivity index (χ2v) is 7.93. The lowest BCUT2D eigenvalue weighted by Crippen LogP contribution is -2.59. The number of nitrogens with zero attached hydrogens (tertiary/aromatic N) is 2. The van der Waals surface area contributed by atoms with Gasteiger partial charge in [-0.2, -0.15) is 10.5 Å². The smallest absolute Gasteiger partial charge is 0.0770 e. The molecule has 3 aliphatic carbocycles. The molecule has 0 saturated heterocycles. The molecule has 0 N–H and O–H groups in total. The van der Waals surface area contributed by atoms with E-state index in [0.717, 1.165) is 24.0 Å². The van der Waals surface area contributed by atoms with Crippen LogP contribution in [0.3, 0.4) is 0 Å². The highest BCUT2D eigenvalue weighted by Gasteiger charge is 2.64. The van der Waals surface area contributed by atoms with Crippen LogP contribution in [0.15, 0.2) is 84.9 Å². The van der Waals surface area contributed by atoms with E-state index in [0.29, 0.717) is 0 Å². The molecule has 1 saturated carbocycles. The zero-order valence-electron chi connectivity index (χ0n) is 15.5. The number of hydrogen-bond acceptors (Lipinski definition) is 2. The van der Waals surface area contributed by atoms with Gasteiger partial charge in [-0.25, -0.2) is 0 Å². The normalized spacial score (nSPS) is 30.1. The summed E-state index contributed by atoms with van der Waals surface area (Å²) in [5.41, 5.74) is 3.88. The number of benzene rings is 3. The van der Waals surface area contributed by atoms with Gasteiger partial charge in [0.2, 0.25) is 0 Å². The molecule has 2 heteroatoms. The van der Waals surface area contributed by atoms with Crippen molar-refractivity contribution in [3.8, 4) is 12.1 Å². The first-order valence-electron chi connectivity index (χ1n) is 9.79. The van der Waals surface area contributed by atoms with Crippen LogP contribution >= 0.6 is 0 Å². The van der Waals surface area contributed by atoms with Gasteiger partial charge in [0.05, 0.1) is 24.0 Å². The van der Waals surface area contributed by atoms with E-state index in [1.54, 1.807) is 0 Å². The van der Waals surface area contributed by atoms with Crippen molar-refractivity contribution in [1.82, 2.24) is 0 Å². The van der Waals surface area contributed by atoms with Crippen LogP contribution in [-0.2, 0) is 10.8 Å². The average Bonchev–Trinajstić information content (AvgIpc) is 2.79. The summed E-state index contributed by atoms with van der Waals surface area (Å²) in [6.45, 7) is 0. The summed E-state index contributed by atoms with van der Waals surface area (Å²) >= 11 is 0. The zero-order valence-corrected chi connectivity index (χ0v) is 15.5. The van der Waals surface area contributed by atoms with E-state index in [2.05, 4.69) is 60.7 Å². The van der Waals surface area contributed by atoms with Gasteiger partial charge < -0.3 is 0 Å². The van der Waals surface area contributed by atoms with Gasteiger partial charge >= 0.3 is 0 Å². The van der Waals surface area contributed by atoms with E-state index in [4.69, 9.17) is 0 Å². The highest BCUT2D eigenvalue weighted by Crippen LogP contribution is 2.65. The Kier molecular flexibility index (Phi) is 3.65. The van der Waals surface area contributed by atoms with Gasteiger partial charge in [-0.15, -0.1) is 0 Å². The summed E-state index contributed by atoms with van der Waals surface area (Å²) in [5.74, 6) is -0.771. The van der Waals surface area contributed by atoms with Crippen LogP contribution < -0.4 is 0 Å². The Morgan fingerprint density at radius 1 is 0.571 bits per heavy atom. The number of rotatable bonds is 2. The minimum absolute atomic E-state index is 0.385. The fourth-order valence-corrected chi connectivity index (χ4v) is 5.94. The zero-order chi connectivity index (χ0) is 19.2. The average molecular weight is 360 g/mol. The van der Waals surface area contributed by atoms with Crippen molar-refractivity contribution in [3.05, 3.63) is 107 Å².